The lowest BCUT2D eigenvalue weighted by atomic mass is 10.1. The minimum Gasteiger partial charge on any atom is -0.232 e. The van der Waals surface area contributed by atoms with Crippen molar-refractivity contribution in [1.82, 2.24) is 9.38 Å². The molecule has 3 aromatic rings. The number of rotatable bonds is 0. The third-order valence-corrected chi connectivity index (χ3v) is 2.83. The second-order valence-corrected chi connectivity index (χ2v) is 3.85. The van der Waals surface area contributed by atoms with Crippen molar-refractivity contribution < 1.29 is 4.57 Å². The van der Waals surface area contributed by atoms with Crippen molar-refractivity contribution in [3.05, 3.63) is 42.5 Å². The lowest BCUT2D eigenvalue weighted by molar-refractivity contribution is -0.643. The van der Waals surface area contributed by atoms with Crippen LogP contribution in [0.25, 0.3) is 16.6 Å². The molecule has 0 radical (unpaired) electrons. The largest absolute Gasteiger partial charge is 0.297 e. The molecular weight excluding hydrogens is 186 g/mol. The number of hydrogen-bond acceptors (Lipinski definition) is 1. The number of benzene rings is 1. The van der Waals surface area contributed by atoms with Gasteiger partial charge in [-0.1, -0.05) is 12.1 Å². The summed E-state index contributed by atoms with van der Waals surface area (Å²) in [4.78, 5) is 4.43. The molecule has 0 N–H and O–H groups in total. The van der Waals surface area contributed by atoms with Crippen molar-refractivity contribution in [2.24, 2.45) is 7.05 Å². The van der Waals surface area contributed by atoms with E-state index in [1.807, 2.05) is 24.8 Å². The zero-order valence-corrected chi connectivity index (χ0v) is 8.81. The van der Waals surface area contributed by atoms with Crippen LogP contribution in [-0.4, -0.2) is 9.38 Å². The highest BCUT2D eigenvalue weighted by Gasteiger charge is 2.13. The Morgan fingerprint density at radius 2 is 2.20 bits per heavy atom. The van der Waals surface area contributed by atoms with Gasteiger partial charge >= 0.3 is 0 Å². The SMILES string of the molecule is Cc1cccc2ncn3cc[n+](C)c3c12. The molecule has 0 bridgehead atoms. The number of hydrogen-bond donors (Lipinski definition) is 0. The second kappa shape index (κ2) is 2.79. The summed E-state index contributed by atoms with van der Waals surface area (Å²) in [7, 11) is 2.06. The first-order valence-corrected chi connectivity index (χ1v) is 4.98. The van der Waals surface area contributed by atoms with E-state index in [0.717, 1.165) is 5.52 Å². The van der Waals surface area contributed by atoms with Crippen LogP contribution in [0, 0.1) is 6.92 Å². The first-order chi connectivity index (χ1) is 7.27. The molecule has 1 aromatic carbocycles. The van der Waals surface area contributed by atoms with Gasteiger partial charge in [-0.05, 0) is 18.6 Å². The van der Waals surface area contributed by atoms with Crippen LogP contribution >= 0.6 is 0 Å². The molecule has 2 aromatic heterocycles. The fourth-order valence-corrected chi connectivity index (χ4v) is 2.07. The Labute approximate surface area is 87.6 Å². The molecular formula is C12H12N3+. The van der Waals surface area contributed by atoms with Crippen molar-refractivity contribution in [2.75, 3.05) is 0 Å². The van der Waals surface area contributed by atoms with E-state index < -0.39 is 0 Å². The van der Waals surface area contributed by atoms with E-state index in [1.165, 1.54) is 16.6 Å². The lowest BCUT2D eigenvalue weighted by Gasteiger charge is -1.99. The van der Waals surface area contributed by atoms with Gasteiger partial charge in [-0.2, -0.15) is 4.40 Å². The fraction of sp³-hybridized carbons (Fsp3) is 0.167. The Hall–Kier alpha value is -1.90. The molecule has 3 heteroatoms. The molecule has 3 rings (SSSR count). The molecule has 0 aliphatic rings. The summed E-state index contributed by atoms with van der Waals surface area (Å²) in [5.74, 6) is 0. The Balaban J connectivity index is 2.68. The van der Waals surface area contributed by atoms with Crippen molar-refractivity contribution in [3.63, 3.8) is 0 Å². The predicted octanol–water partition coefficient (Wildman–Crippen LogP) is 1.62. The first kappa shape index (κ1) is 8.41. The zero-order valence-electron chi connectivity index (χ0n) is 8.81. The molecule has 0 fully saturated rings. The summed E-state index contributed by atoms with van der Waals surface area (Å²) in [6, 6.07) is 6.22. The van der Waals surface area contributed by atoms with Gasteiger partial charge in [0.25, 0.3) is 5.65 Å². The van der Waals surface area contributed by atoms with Crippen LogP contribution in [0.15, 0.2) is 36.9 Å². The quantitative estimate of drug-likeness (QED) is 0.503. The van der Waals surface area contributed by atoms with Gasteiger partial charge in [-0.15, -0.1) is 0 Å². The average Bonchev–Trinajstić information content (AvgIpc) is 2.61. The summed E-state index contributed by atoms with van der Waals surface area (Å²) in [5, 5.41) is 1.23. The van der Waals surface area contributed by atoms with Crippen LogP contribution in [0.4, 0.5) is 0 Å². The summed E-state index contributed by atoms with van der Waals surface area (Å²) in [5.41, 5.74) is 3.51. The summed E-state index contributed by atoms with van der Waals surface area (Å²) < 4.78 is 4.17. The number of aryl methyl sites for hydroxylation is 2. The number of aromatic nitrogens is 3. The third kappa shape index (κ3) is 1.06. The van der Waals surface area contributed by atoms with Crippen LogP contribution in [0.5, 0.6) is 0 Å². The monoisotopic (exact) mass is 198 g/mol. The Morgan fingerprint density at radius 1 is 1.33 bits per heavy atom. The van der Waals surface area contributed by atoms with Gasteiger partial charge in [0.05, 0.1) is 18.0 Å². The molecule has 2 heterocycles. The van der Waals surface area contributed by atoms with Crippen molar-refractivity contribution in [2.45, 2.75) is 6.92 Å². The minimum absolute atomic E-state index is 1.05. The number of fused-ring (bicyclic) bond motifs is 3. The normalized spacial score (nSPS) is 11.3. The van der Waals surface area contributed by atoms with Crippen LogP contribution < -0.4 is 4.57 Å². The maximum absolute atomic E-state index is 4.43. The van der Waals surface area contributed by atoms with E-state index in [-0.39, 0.29) is 0 Å². The molecule has 0 amide bonds. The number of nitrogens with zero attached hydrogens (tertiary/aromatic N) is 3. The smallest absolute Gasteiger partial charge is 0.232 e. The highest BCUT2D eigenvalue weighted by atomic mass is 15.1. The molecule has 0 aliphatic heterocycles. The van der Waals surface area contributed by atoms with Crippen LogP contribution in [0.1, 0.15) is 5.56 Å². The van der Waals surface area contributed by atoms with E-state index in [0.29, 0.717) is 0 Å². The van der Waals surface area contributed by atoms with Gasteiger partial charge in [0, 0.05) is 0 Å². The van der Waals surface area contributed by atoms with Crippen LogP contribution in [0.3, 0.4) is 0 Å². The maximum atomic E-state index is 4.43. The van der Waals surface area contributed by atoms with Gasteiger partial charge in [0.1, 0.15) is 12.4 Å². The topological polar surface area (TPSA) is 21.2 Å². The van der Waals surface area contributed by atoms with E-state index in [1.54, 1.807) is 0 Å². The van der Waals surface area contributed by atoms with Crippen molar-refractivity contribution in [3.8, 4) is 0 Å². The first-order valence-electron chi connectivity index (χ1n) is 4.98. The molecule has 0 saturated heterocycles. The molecule has 0 spiro atoms. The van der Waals surface area contributed by atoms with Gasteiger partial charge in [0.15, 0.2) is 6.33 Å². The molecule has 0 aliphatic carbocycles. The van der Waals surface area contributed by atoms with Crippen molar-refractivity contribution >= 4 is 16.6 Å². The molecule has 74 valence electrons. The zero-order chi connectivity index (χ0) is 10.4. The van der Waals surface area contributed by atoms with E-state index in [4.69, 9.17) is 0 Å². The van der Waals surface area contributed by atoms with Gasteiger partial charge in [0.2, 0.25) is 0 Å². The summed E-state index contributed by atoms with van der Waals surface area (Å²) >= 11 is 0. The predicted molar refractivity (Wildman–Crippen MR) is 58.6 cm³/mol. The molecule has 3 nitrogen and oxygen atoms in total. The molecule has 0 atom stereocenters. The highest BCUT2D eigenvalue weighted by Crippen LogP contribution is 2.19. The molecule has 0 saturated carbocycles. The van der Waals surface area contributed by atoms with Crippen LogP contribution in [-0.2, 0) is 7.05 Å². The minimum atomic E-state index is 1.05. The standard InChI is InChI=1S/C12H12N3/c1-9-4-3-5-10-11(9)12-14(2)6-7-15(12)8-13-10/h3-8H,1-2H3/q+1. The van der Waals surface area contributed by atoms with Crippen molar-refractivity contribution in [1.29, 1.82) is 0 Å². The van der Waals surface area contributed by atoms with Gasteiger partial charge in [-0.25, -0.2) is 9.55 Å². The van der Waals surface area contributed by atoms with E-state index in [2.05, 4.69) is 40.1 Å². The Morgan fingerprint density at radius 3 is 3.07 bits per heavy atom. The molecule has 0 unspecified atom stereocenters. The number of imidazole rings is 1. The van der Waals surface area contributed by atoms with Crippen LogP contribution in [0.2, 0.25) is 0 Å². The highest BCUT2D eigenvalue weighted by molar-refractivity contribution is 5.92. The van der Waals surface area contributed by atoms with E-state index in [9.17, 15) is 0 Å². The Bertz CT molecular complexity index is 652. The van der Waals surface area contributed by atoms with E-state index >= 15 is 0 Å². The maximum Gasteiger partial charge on any atom is 0.297 e. The lowest BCUT2D eigenvalue weighted by Crippen LogP contribution is -2.26. The average molecular weight is 198 g/mol. The Kier molecular flexibility index (Phi) is 1.57. The third-order valence-electron chi connectivity index (χ3n) is 2.83. The molecule has 15 heavy (non-hydrogen) atoms. The van der Waals surface area contributed by atoms with Gasteiger partial charge < -0.3 is 0 Å². The fourth-order valence-electron chi connectivity index (χ4n) is 2.07. The second-order valence-electron chi connectivity index (χ2n) is 3.85. The summed E-state index contributed by atoms with van der Waals surface area (Å²) in [6.45, 7) is 2.12. The van der Waals surface area contributed by atoms with Gasteiger partial charge in [-0.3, -0.25) is 0 Å². The summed E-state index contributed by atoms with van der Waals surface area (Å²) in [6.07, 6.45) is 5.92.